The quantitative estimate of drug-likeness (QED) is 0.541. The lowest BCUT2D eigenvalue weighted by molar-refractivity contribution is -0.116. The van der Waals surface area contributed by atoms with Crippen LogP contribution in [0.1, 0.15) is 19.1 Å². The third-order valence-corrected chi connectivity index (χ3v) is 1.97. The molecule has 0 saturated carbocycles. The van der Waals surface area contributed by atoms with Crippen molar-refractivity contribution in [2.45, 2.75) is 13.3 Å². The fourth-order valence-corrected chi connectivity index (χ4v) is 1.18. The van der Waals surface area contributed by atoms with Crippen molar-refractivity contribution in [3.05, 3.63) is 30.2 Å². The Labute approximate surface area is 95.7 Å². The van der Waals surface area contributed by atoms with Gasteiger partial charge in [-0.3, -0.25) is 4.79 Å². The lowest BCUT2D eigenvalue weighted by Gasteiger charge is -2.02. The third kappa shape index (κ3) is 5.36. The summed E-state index contributed by atoms with van der Waals surface area (Å²) in [7, 11) is 0. The highest BCUT2D eigenvalue weighted by Gasteiger charge is 1.94. The van der Waals surface area contributed by atoms with Gasteiger partial charge in [0.25, 0.3) is 0 Å². The first-order valence-electron chi connectivity index (χ1n) is 5.53. The average Bonchev–Trinajstić information content (AvgIpc) is 2.79. The van der Waals surface area contributed by atoms with E-state index in [4.69, 9.17) is 4.42 Å². The highest BCUT2D eigenvalue weighted by Crippen LogP contribution is 2.01. The van der Waals surface area contributed by atoms with Gasteiger partial charge >= 0.3 is 0 Å². The van der Waals surface area contributed by atoms with Crippen LogP contribution >= 0.6 is 0 Å². The van der Waals surface area contributed by atoms with Crippen molar-refractivity contribution in [3.63, 3.8) is 0 Å². The second kappa shape index (κ2) is 7.70. The number of nitrogens with one attached hydrogen (secondary N) is 2. The molecule has 0 radical (unpaired) electrons. The third-order valence-electron chi connectivity index (χ3n) is 1.97. The zero-order chi connectivity index (χ0) is 11.6. The molecular formula is C12H18N2O2. The number of hydrogen-bond acceptors (Lipinski definition) is 3. The molecule has 0 saturated heterocycles. The maximum atomic E-state index is 11.3. The monoisotopic (exact) mass is 222 g/mol. The van der Waals surface area contributed by atoms with Crippen molar-refractivity contribution in [2.75, 3.05) is 19.6 Å². The normalized spacial score (nSPS) is 10.8. The molecule has 0 spiro atoms. The van der Waals surface area contributed by atoms with Crippen molar-refractivity contribution in [1.82, 2.24) is 10.6 Å². The molecule has 4 nitrogen and oxygen atoms in total. The van der Waals surface area contributed by atoms with Crippen molar-refractivity contribution in [3.8, 4) is 0 Å². The van der Waals surface area contributed by atoms with E-state index in [9.17, 15) is 4.79 Å². The van der Waals surface area contributed by atoms with Gasteiger partial charge in [0.1, 0.15) is 5.76 Å². The van der Waals surface area contributed by atoms with Crippen molar-refractivity contribution in [1.29, 1.82) is 0 Å². The number of rotatable bonds is 7. The smallest absolute Gasteiger partial charge is 0.244 e. The Morgan fingerprint density at radius 2 is 2.31 bits per heavy atom. The number of carbonyl (C=O) groups is 1. The molecule has 88 valence electrons. The minimum Gasteiger partial charge on any atom is -0.465 e. The van der Waals surface area contributed by atoms with Crippen LogP contribution in [-0.4, -0.2) is 25.5 Å². The Morgan fingerprint density at radius 3 is 3.00 bits per heavy atom. The number of amides is 1. The molecule has 1 rings (SSSR count). The SMILES string of the molecule is CCCNCCNC(=O)C=Cc1ccco1. The summed E-state index contributed by atoms with van der Waals surface area (Å²) in [5, 5.41) is 5.98. The molecule has 0 aliphatic rings. The van der Waals surface area contributed by atoms with E-state index in [1.54, 1.807) is 24.5 Å². The van der Waals surface area contributed by atoms with E-state index in [0.717, 1.165) is 19.5 Å². The Kier molecular flexibility index (Phi) is 6.03. The number of carbonyl (C=O) groups excluding carboxylic acids is 1. The second-order valence-electron chi connectivity index (χ2n) is 3.39. The van der Waals surface area contributed by atoms with E-state index in [1.165, 1.54) is 6.08 Å². The summed E-state index contributed by atoms with van der Waals surface area (Å²) in [4.78, 5) is 11.3. The molecule has 4 heteroatoms. The maximum Gasteiger partial charge on any atom is 0.244 e. The van der Waals surface area contributed by atoms with Crippen molar-refractivity contribution < 1.29 is 9.21 Å². The van der Waals surface area contributed by atoms with Gasteiger partial charge in [-0.15, -0.1) is 0 Å². The molecule has 1 amide bonds. The van der Waals surface area contributed by atoms with E-state index >= 15 is 0 Å². The Morgan fingerprint density at radius 1 is 1.44 bits per heavy atom. The lowest BCUT2D eigenvalue weighted by Crippen LogP contribution is -2.30. The molecule has 0 bridgehead atoms. The summed E-state index contributed by atoms with van der Waals surface area (Å²) < 4.78 is 5.06. The van der Waals surface area contributed by atoms with Crippen molar-refractivity contribution >= 4 is 12.0 Å². The standard InChI is InChI=1S/C12H18N2O2/c1-2-7-13-8-9-14-12(15)6-5-11-4-3-10-16-11/h3-6,10,13H,2,7-9H2,1H3,(H,14,15). The van der Waals surface area contributed by atoms with Gasteiger partial charge in [-0.1, -0.05) is 6.92 Å². The lowest BCUT2D eigenvalue weighted by atomic mass is 10.4. The molecular weight excluding hydrogens is 204 g/mol. The minimum atomic E-state index is -0.102. The number of furan rings is 1. The van der Waals surface area contributed by atoms with Crippen LogP contribution in [-0.2, 0) is 4.79 Å². The zero-order valence-electron chi connectivity index (χ0n) is 9.53. The fraction of sp³-hybridized carbons (Fsp3) is 0.417. The fourth-order valence-electron chi connectivity index (χ4n) is 1.18. The van der Waals surface area contributed by atoms with Crippen LogP contribution < -0.4 is 10.6 Å². The summed E-state index contributed by atoms with van der Waals surface area (Å²) in [5.74, 6) is 0.578. The Bertz CT molecular complexity index is 318. The van der Waals surface area contributed by atoms with Gasteiger partial charge in [-0.05, 0) is 31.2 Å². The molecule has 1 heterocycles. The first-order chi connectivity index (χ1) is 7.83. The molecule has 1 aromatic rings. The van der Waals surface area contributed by atoms with E-state index in [0.29, 0.717) is 12.3 Å². The molecule has 1 aromatic heterocycles. The molecule has 0 aliphatic heterocycles. The maximum absolute atomic E-state index is 11.3. The topological polar surface area (TPSA) is 54.3 Å². The Hall–Kier alpha value is -1.55. The summed E-state index contributed by atoms with van der Waals surface area (Å²) in [6, 6.07) is 3.58. The second-order valence-corrected chi connectivity index (χ2v) is 3.39. The first kappa shape index (κ1) is 12.5. The number of hydrogen-bond donors (Lipinski definition) is 2. The largest absolute Gasteiger partial charge is 0.465 e. The molecule has 0 atom stereocenters. The summed E-state index contributed by atoms with van der Waals surface area (Å²) >= 11 is 0. The molecule has 16 heavy (non-hydrogen) atoms. The predicted molar refractivity (Wildman–Crippen MR) is 63.9 cm³/mol. The minimum absolute atomic E-state index is 0.102. The van der Waals surface area contributed by atoms with Gasteiger partial charge in [0, 0.05) is 19.2 Å². The van der Waals surface area contributed by atoms with Crippen LogP contribution in [0.3, 0.4) is 0 Å². The molecule has 0 unspecified atom stereocenters. The summed E-state index contributed by atoms with van der Waals surface area (Å²) in [6.07, 6.45) is 5.80. The highest BCUT2D eigenvalue weighted by atomic mass is 16.3. The van der Waals surface area contributed by atoms with E-state index in [1.807, 2.05) is 0 Å². The van der Waals surface area contributed by atoms with Crippen LogP contribution in [0, 0.1) is 0 Å². The molecule has 0 aromatic carbocycles. The van der Waals surface area contributed by atoms with Gasteiger partial charge in [0.05, 0.1) is 6.26 Å². The van der Waals surface area contributed by atoms with Crippen LogP contribution in [0.25, 0.3) is 6.08 Å². The highest BCUT2D eigenvalue weighted by molar-refractivity contribution is 5.91. The molecule has 0 fully saturated rings. The average molecular weight is 222 g/mol. The van der Waals surface area contributed by atoms with Gasteiger partial charge in [0.15, 0.2) is 0 Å². The Balaban J connectivity index is 2.11. The van der Waals surface area contributed by atoms with Gasteiger partial charge in [-0.25, -0.2) is 0 Å². The molecule has 0 aliphatic carbocycles. The van der Waals surface area contributed by atoms with Crippen molar-refractivity contribution in [2.24, 2.45) is 0 Å². The summed E-state index contributed by atoms with van der Waals surface area (Å²) in [5.41, 5.74) is 0. The van der Waals surface area contributed by atoms with E-state index in [-0.39, 0.29) is 5.91 Å². The molecule has 2 N–H and O–H groups in total. The van der Waals surface area contributed by atoms with Gasteiger partial charge in [-0.2, -0.15) is 0 Å². The van der Waals surface area contributed by atoms with Crippen LogP contribution in [0.2, 0.25) is 0 Å². The summed E-state index contributed by atoms with van der Waals surface area (Å²) in [6.45, 7) is 4.53. The zero-order valence-corrected chi connectivity index (χ0v) is 9.53. The first-order valence-corrected chi connectivity index (χ1v) is 5.53. The van der Waals surface area contributed by atoms with Crippen LogP contribution in [0.5, 0.6) is 0 Å². The van der Waals surface area contributed by atoms with E-state index < -0.39 is 0 Å². The predicted octanol–water partition coefficient (Wildman–Crippen LogP) is 1.41. The van der Waals surface area contributed by atoms with Crippen LogP contribution in [0.4, 0.5) is 0 Å². The van der Waals surface area contributed by atoms with Crippen LogP contribution in [0.15, 0.2) is 28.9 Å². The van der Waals surface area contributed by atoms with Gasteiger partial charge < -0.3 is 15.1 Å². The van der Waals surface area contributed by atoms with E-state index in [2.05, 4.69) is 17.6 Å². The van der Waals surface area contributed by atoms with Gasteiger partial charge in [0.2, 0.25) is 5.91 Å².